The van der Waals surface area contributed by atoms with Crippen molar-refractivity contribution in [2.75, 3.05) is 19.0 Å². The van der Waals surface area contributed by atoms with Gasteiger partial charge in [0.2, 0.25) is 0 Å². The predicted octanol–water partition coefficient (Wildman–Crippen LogP) is 5.27. The molecule has 0 aliphatic carbocycles. The summed E-state index contributed by atoms with van der Waals surface area (Å²) in [6, 6.07) is 51.2. The third kappa shape index (κ3) is 5.23. The summed E-state index contributed by atoms with van der Waals surface area (Å²) in [5.41, 5.74) is 1.24. The molecule has 35 heavy (non-hydrogen) atoms. The average Bonchev–Trinajstić information content (AvgIpc) is 2.92. The lowest BCUT2D eigenvalue weighted by Crippen LogP contribution is -2.35. The van der Waals surface area contributed by atoms with Gasteiger partial charge in [-0.2, -0.15) is 0 Å². The van der Waals surface area contributed by atoms with Crippen molar-refractivity contribution in [2.24, 2.45) is 0 Å². The van der Waals surface area contributed by atoms with E-state index in [2.05, 4.69) is 159 Å². The van der Waals surface area contributed by atoms with Crippen molar-refractivity contribution in [3.05, 3.63) is 140 Å². The maximum absolute atomic E-state index is 2.43. The van der Waals surface area contributed by atoms with Crippen molar-refractivity contribution in [3.8, 4) is 0 Å². The fourth-order valence-electron chi connectivity index (χ4n) is 4.32. The second-order valence-corrected chi connectivity index (χ2v) is 13.0. The van der Waals surface area contributed by atoms with Gasteiger partial charge < -0.3 is 4.90 Å². The number of benzene rings is 5. The second-order valence-electron chi connectivity index (χ2n) is 8.58. The Hall–Kier alpha value is -3.24. The van der Waals surface area contributed by atoms with Crippen LogP contribution in [-0.2, 0) is 0 Å². The maximum Gasteiger partial charge on any atom is 0.0368 e. The summed E-state index contributed by atoms with van der Waals surface area (Å²) in [5, 5.41) is 8.38. The van der Waals surface area contributed by atoms with E-state index in [0.29, 0.717) is 0 Å². The van der Waals surface area contributed by atoms with Crippen LogP contribution in [0.5, 0.6) is 0 Å². The van der Waals surface area contributed by atoms with Crippen molar-refractivity contribution in [1.29, 1.82) is 0 Å². The van der Waals surface area contributed by atoms with Gasteiger partial charge in [-0.3, -0.25) is 0 Å². The van der Waals surface area contributed by atoms with E-state index in [1.165, 1.54) is 37.5 Å². The molecule has 0 atom stereocenters. The van der Waals surface area contributed by atoms with Gasteiger partial charge in [-0.15, -0.1) is 0 Å². The highest BCUT2D eigenvalue weighted by Gasteiger charge is 2.26. The van der Waals surface area contributed by atoms with E-state index >= 15 is 0 Å². The highest BCUT2D eigenvalue weighted by Crippen LogP contribution is 2.39. The normalized spacial score (nSPS) is 11.1. The van der Waals surface area contributed by atoms with Crippen LogP contribution in [-0.4, -0.2) is 14.1 Å². The van der Waals surface area contributed by atoms with E-state index in [0.717, 1.165) is 0 Å². The molecule has 0 saturated carbocycles. The lowest BCUT2D eigenvalue weighted by atomic mass is 10.3. The van der Waals surface area contributed by atoms with E-state index < -0.39 is 15.8 Å². The van der Waals surface area contributed by atoms with Crippen LogP contribution < -0.4 is 36.7 Å². The molecule has 172 valence electrons. The molecule has 5 aromatic rings. The van der Waals surface area contributed by atoms with Crippen LogP contribution >= 0.6 is 15.8 Å². The smallest absolute Gasteiger partial charge is 0.0368 e. The highest BCUT2D eigenvalue weighted by atomic mass is 31.1. The summed E-state index contributed by atoms with van der Waals surface area (Å²) >= 11 is 0. The molecule has 3 heteroatoms. The molecular weight excluding hydrogens is 460 g/mol. The Bertz CT molecular complexity index is 1280. The molecule has 0 bridgehead atoms. The van der Waals surface area contributed by atoms with Gasteiger partial charge in [-0.25, -0.2) is 0 Å². The lowest BCUT2D eigenvalue weighted by molar-refractivity contribution is 1.13. The van der Waals surface area contributed by atoms with Crippen molar-refractivity contribution in [1.82, 2.24) is 0 Å². The molecule has 0 N–H and O–H groups in total. The zero-order valence-corrected chi connectivity index (χ0v) is 21.9. The predicted molar refractivity (Wildman–Crippen MR) is 158 cm³/mol. The van der Waals surface area contributed by atoms with Gasteiger partial charge >= 0.3 is 0 Å². The van der Waals surface area contributed by atoms with Gasteiger partial charge in [-0.1, -0.05) is 127 Å². The Morgan fingerprint density at radius 2 is 0.743 bits per heavy atom. The fraction of sp³-hybridized carbons (Fsp3) is 0.0625. The van der Waals surface area contributed by atoms with Crippen LogP contribution in [0.4, 0.5) is 5.69 Å². The van der Waals surface area contributed by atoms with Crippen LogP contribution in [0.15, 0.2) is 140 Å². The number of hydrogen-bond donors (Lipinski definition) is 0. The first-order valence-electron chi connectivity index (χ1n) is 11.8. The molecule has 0 radical (unpaired) electrons. The van der Waals surface area contributed by atoms with Gasteiger partial charge in [0.25, 0.3) is 0 Å². The van der Waals surface area contributed by atoms with Crippen molar-refractivity contribution in [2.45, 2.75) is 0 Å². The molecule has 0 saturated heterocycles. The average molecular weight is 490 g/mol. The molecular formula is C32H29NP2. The molecule has 5 rings (SSSR count). The number of rotatable bonds is 7. The summed E-state index contributed by atoms with van der Waals surface area (Å²) in [6.07, 6.45) is 0. The first-order chi connectivity index (χ1) is 17.2. The van der Waals surface area contributed by atoms with Gasteiger partial charge in [0.15, 0.2) is 0 Å². The monoisotopic (exact) mass is 489 g/mol. The Balaban J connectivity index is 1.80. The molecule has 0 aliphatic rings. The molecule has 0 heterocycles. The Morgan fingerprint density at radius 1 is 0.400 bits per heavy atom. The molecule has 5 aromatic carbocycles. The van der Waals surface area contributed by atoms with Crippen molar-refractivity contribution in [3.63, 3.8) is 0 Å². The second kappa shape index (κ2) is 11.0. The van der Waals surface area contributed by atoms with Gasteiger partial charge in [0.1, 0.15) is 0 Å². The van der Waals surface area contributed by atoms with E-state index in [9.17, 15) is 0 Å². The first kappa shape index (κ1) is 23.5. The topological polar surface area (TPSA) is 3.24 Å². The summed E-state index contributed by atoms with van der Waals surface area (Å²) in [4.78, 5) is 2.21. The highest BCUT2D eigenvalue weighted by molar-refractivity contribution is 7.85. The van der Waals surface area contributed by atoms with E-state index in [-0.39, 0.29) is 0 Å². The Labute approximate surface area is 211 Å². The van der Waals surface area contributed by atoms with Crippen LogP contribution in [0.2, 0.25) is 0 Å². The largest absolute Gasteiger partial charge is 0.378 e. The Morgan fingerprint density at radius 3 is 1.09 bits per heavy atom. The maximum atomic E-state index is 2.43. The van der Waals surface area contributed by atoms with E-state index in [1.807, 2.05) is 0 Å². The van der Waals surface area contributed by atoms with Gasteiger partial charge in [0.05, 0.1) is 0 Å². The van der Waals surface area contributed by atoms with Crippen LogP contribution in [0.25, 0.3) is 0 Å². The summed E-state index contributed by atoms with van der Waals surface area (Å²) < 4.78 is 0. The minimum atomic E-state index is -0.731. The molecule has 0 unspecified atom stereocenters. The minimum Gasteiger partial charge on any atom is -0.378 e. The molecule has 0 aliphatic heterocycles. The van der Waals surface area contributed by atoms with Crippen LogP contribution in [0, 0.1) is 0 Å². The third-order valence-electron chi connectivity index (χ3n) is 6.01. The van der Waals surface area contributed by atoms with Gasteiger partial charge in [0, 0.05) is 19.8 Å². The first-order valence-corrected chi connectivity index (χ1v) is 14.5. The Kier molecular flexibility index (Phi) is 7.39. The molecule has 0 amide bonds. The molecule has 1 nitrogen and oxygen atoms in total. The minimum absolute atomic E-state index is 0.714. The summed E-state index contributed by atoms with van der Waals surface area (Å²) in [6.45, 7) is 0. The molecule has 0 aromatic heterocycles. The quantitative estimate of drug-likeness (QED) is 0.282. The fourth-order valence-corrected chi connectivity index (χ4v) is 9.59. The van der Waals surface area contributed by atoms with E-state index in [1.54, 1.807) is 0 Å². The van der Waals surface area contributed by atoms with Crippen LogP contribution in [0.3, 0.4) is 0 Å². The molecule has 0 spiro atoms. The third-order valence-corrected chi connectivity index (χ3v) is 11.2. The standard InChI is InChI=1S/C32H29NP2/c1-33(2)26-23-24-31(34(27-15-7-3-8-16-27)28-17-9-4-10-18-28)32(25-26)35(29-19-11-5-12-20-29)30-21-13-6-14-22-30/h3-25H,1-2H3. The number of nitrogens with zero attached hydrogens (tertiary/aromatic N) is 1. The van der Waals surface area contributed by atoms with Crippen molar-refractivity contribution >= 4 is 53.4 Å². The van der Waals surface area contributed by atoms with Crippen LogP contribution in [0.1, 0.15) is 0 Å². The molecule has 0 fully saturated rings. The van der Waals surface area contributed by atoms with Gasteiger partial charge in [-0.05, 0) is 59.8 Å². The number of hydrogen-bond acceptors (Lipinski definition) is 1. The van der Waals surface area contributed by atoms with Crippen molar-refractivity contribution < 1.29 is 0 Å². The summed E-state index contributed by atoms with van der Waals surface area (Å²) in [7, 11) is 2.81. The van der Waals surface area contributed by atoms with E-state index in [4.69, 9.17) is 0 Å². The lowest BCUT2D eigenvalue weighted by Gasteiger charge is -2.29. The zero-order chi connectivity index (χ0) is 24.0. The number of anilines is 1. The zero-order valence-electron chi connectivity index (χ0n) is 20.1. The SMILES string of the molecule is CN(C)c1ccc(P(c2ccccc2)c2ccccc2)c(P(c2ccccc2)c2ccccc2)c1. The summed E-state index contributed by atoms with van der Waals surface area (Å²) in [5.74, 6) is 0.